The zero-order valence-electron chi connectivity index (χ0n) is 18.4. The summed E-state index contributed by atoms with van der Waals surface area (Å²) in [5.41, 5.74) is 1.47. The number of esters is 2. The lowest BCUT2D eigenvalue weighted by Crippen LogP contribution is -2.19. The number of ether oxygens (including phenoxy) is 4. The number of nitro groups is 1. The fourth-order valence-corrected chi connectivity index (χ4v) is 3.74. The molecule has 0 bridgehead atoms. The quantitative estimate of drug-likeness (QED) is 0.266. The summed E-state index contributed by atoms with van der Waals surface area (Å²) >= 11 is 0. The number of nitro benzene ring substituents is 1. The Bertz CT molecular complexity index is 1240. The van der Waals surface area contributed by atoms with Gasteiger partial charge < -0.3 is 18.9 Å². The number of rotatable bonds is 8. The number of fused-ring (bicyclic) bond motifs is 1. The highest BCUT2D eigenvalue weighted by molar-refractivity contribution is 5.94. The molecule has 4 rings (SSSR count). The number of benzene rings is 3. The lowest BCUT2D eigenvalue weighted by Gasteiger charge is -2.25. The molecule has 3 aromatic carbocycles. The van der Waals surface area contributed by atoms with Crippen LogP contribution in [0.2, 0.25) is 0 Å². The van der Waals surface area contributed by atoms with E-state index in [9.17, 15) is 19.7 Å². The molecule has 1 aliphatic heterocycles. The number of carbonyl (C=O) groups excluding carboxylic acids is 2. The van der Waals surface area contributed by atoms with Gasteiger partial charge in [0.15, 0.2) is 23.7 Å². The van der Waals surface area contributed by atoms with Gasteiger partial charge in [-0.2, -0.15) is 0 Å². The van der Waals surface area contributed by atoms with Crippen molar-refractivity contribution in [2.75, 3.05) is 13.7 Å². The largest absolute Gasteiger partial charge is 0.493 e. The first-order chi connectivity index (χ1) is 16.4. The Hall–Kier alpha value is -4.40. The minimum absolute atomic E-state index is 0.117. The number of carbonyl (C=O) groups is 2. The Morgan fingerprint density at radius 3 is 2.50 bits per heavy atom. The van der Waals surface area contributed by atoms with Gasteiger partial charge in [0.2, 0.25) is 0 Å². The minimum atomic E-state index is -1.01. The van der Waals surface area contributed by atoms with E-state index in [1.165, 1.54) is 31.4 Å². The second-order valence-electron chi connectivity index (χ2n) is 7.39. The van der Waals surface area contributed by atoms with Crippen molar-refractivity contribution in [2.24, 2.45) is 0 Å². The molecular weight excluding hydrogens is 442 g/mol. The molecular formula is C25H21NO8. The van der Waals surface area contributed by atoms with Gasteiger partial charge in [-0.15, -0.1) is 0 Å². The molecule has 0 saturated heterocycles. The summed E-state index contributed by atoms with van der Waals surface area (Å²) in [4.78, 5) is 35.8. The first-order valence-electron chi connectivity index (χ1n) is 10.5. The van der Waals surface area contributed by atoms with Crippen LogP contribution in [-0.2, 0) is 9.47 Å². The molecule has 9 nitrogen and oxygen atoms in total. The van der Waals surface area contributed by atoms with Crippen molar-refractivity contribution in [3.8, 4) is 11.5 Å². The van der Waals surface area contributed by atoms with E-state index >= 15 is 0 Å². The third-order valence-electron chi connectivity index (χ3n) is 5.36. The normalized spacial score (nSPS) is 15.1. The summed E-state index contributed by atoms with van der Waals surface area (Å²) < 4.78 is 22.5. The number of hydrogen-bond donors (Lipinski definition) is 0. The Morgan fingerprint density at radius 1 is 1.09 bits per heavy atom. The third kappa shape index (κ3) is 4.40. The van der Waals surface area contributed by atoms with Crippen LogP contribution in [0.1, 0.15) is 51.0 Å². The van der Waals surface area contributed by atoms with E-state index < -0.39 is 29.1 Å². The fraction of sp³-hybridized carbons (Fsp3) is 0.200. The van der Waals surface area contributed by atoms with Gasteiger partial charge in [-0.05, 0) is 37.3 Å². The van der Waals surface area contributed by atoms with E-state index in [1.807, 2.05) is 6.92 Å². The highest BCUT2D eigenvalue weighted by Crippen LogP contribution is 2.44. The summed E-state index contributed by atoms with van der Waals surface area (Å²) in [5.74, 6) is -0.309. The van der Waals surface area contributed by atoms with E-state index in [-0.39, 0.29) is 11.3 Å². The number of hydrogen-bond acceptors (Lipinski definition) is 8. The van der Waals surface area contributed by atoms with E-state index in [2.05, 4.69) is 0 Å². The Morgan fingerprint density at radius 2 is 1.82 bits per heavy atom. The summed E-state index contributed by atoms with van der Waals surface area (Å²) in [6.07, 6.45) is -1.91. The van der Waals surface area contributed by atoms with Gasteiger partial charge in [0.25, 0.3) is 5.69 Å². The molecule has 0 N–H and O–H groups in total. The van der Waals surface area contributed by atoms with Crippen molar-refractivity contribution >= 4 is 17.6 Å². The van der Waals surface area contributed by atoms with Gasteiger partial charge >= 0.3 is 11.9 Å². The predicted molar refractivity (Wildman–Crippen MR) is 120 cm³/mol. The van der Waals surface area contributed by atoms with Crippen LogP contribution in [0.25, 0.3) is 0 Å². The standard InChI is InChI=1S/C25H21NO8/c1-3-32-21-14-16(10-13-20(21)31-2)22(23-18-6-4-5-7-19(18)25(28)34-23)33-24(27)15-8-11-17(12-9-15)26(29)30/h4-14,22-23H,3H2,1-2H3/t22-,23+/m0/s1. The van der Waals surface area contributed by atoms with Gasteiger partial charge in [0, 0.05) is 23.3 Å². The molecule has 2 atom stereocenters. The second-order valence-corrected chi connectivity index (χ2v) is 7.39. The smallest absolute Gasteiger partial charge is 0.339 e. The number of methoxy groups -OCH3 is 1. The monoisotopic (exact) mass is 463 g/mol. The summed E-state index contributed by atoms with van der Waals surface area (Å²) in [7, 11) is 1.51. The molecule has 0 aromatic heterocycles. The van der Waals surface area contributed by atoms with Crippen molar-refractivity contribution in [1.82, 2.24) is 0 Å². The molecule has 0 unspecified atom stereocenters. The topological polar surface area (TPSA) is 114 Å². The summed E-state index contributed by atoms with van der Waals surface area (Å²) in [6.45, 7) is 2.21. The maximum Gasteiger partial charge on any atom is 0.339 e. The van der Waals surface area contributed by atoms with Crippen LogP contribution in [0.3, 0.4) is 0 Å². The van der Waals surface area contributed by atoms with Crippen LogP contribution in [0.5, 0.6) is 11.5 Å². The predicted octanol–water partition coefficient (Wildman–Crippen LogP) is 4.81. The molecule has 0 radical (unpaired) electrons. The van der Waals surface area contributed by atoms with Crippen molar-refractivity contribution in [3.05, 3.63) is 99.1 Å². The maximum absolute atomic E-state index is 13.0. The van der Waals surface area contributed by atoms with E-state index in [4.69, 9.17) is 18.9 Å². The van der Waals surface area contributed by atoms with Crippen LogP contribution in [0.4, 0.5) is 5.69 Å². The highest BCUT2D eigenvalue weighted by Gasteiger charge is 2.40. The molecule has 9 heteroatoms. The van der Waals surface area contributed by atoms with Gasteiger partial charge in [-0.3, -0.25) is 10.1 Å². The average molecular weight is 463 g/mol. The van der Waals surface area contributed by atoms with Crippen LogP contribution < -0.4 is 9.47 Å². The molecule has 0 spiro atoms. The number of nitrogens with zero attached hydrogens (tertiary/aromatic N) is 1. The molecule has 3 aromatic rings. The lowest BCUT2D eigenvalue weighted by molar-refractivity contribution is -0.384. The van der Waals surface area contributed by atoms with Gasteiger partial charge in [0.1, 0.15) is 0 Å². The zero-order chi connectivity index (χ0) is 24.2. The molecule has 0 saturated carbocycles. The number of cyclic esters (lactones) is 1. The first kappa shape index (κ1) is 22.8. The SMILES string of the molecule is CCOc1cc([C@H](OC(=O)c2ccc([N+](=O)[O-])cc2)[C@@H]2OC(=O)c3ccccc32)ccc1OC. The molecule has 174 valence electrons. The van der Waals surface area contributed by atoms with Crippen LogP contribution in [-0.4, -0.2) is 30.6 Å². The second kappa shape index (κ2) is 9.62. The molecule has 34 heavy (non-hydrogen) atoms. The fourth-order valence-electron chi connectivity index (χ4n) is 3.74. The third-order valence-corrected chi connectivity index (χ3v) is 5.36. The minimum Gasteiger partial charge on any atom is -0.493 e. The molecule has 0 fully saturated rings. The molecule has 1 aliphatic rings. The summed E-state index contributed by atoms with van der Waals surface area (Å²) in [5, 5.41) is 10.9. The van der Waals surface area contributed by atoms with Crippen molar-refractivity contribution < 1.29 is 33.5 Å². The maximum atomic E-state index is 13.0. The number of non-ortho nitro benzene ring substituents is 1. The Labute approximate surface area is 195 Å². The Balaban J connectivity index is 1.73. The van der Waals surface area contributed by atoms with Crippen molar-refractivity contribution in [2.45, 2.75) is 19.1 Å². The molecule has 1 heterocycles. The molecule has 0 aliphatic carbocycles. The first-order valence-corrected chi connectivity index (χ1v) is 10.5. The van der Waals surface area contributed by atoms with Gasteiger partial charge in [0.05, 0.1) is 29.8 Å². The van der Waals surface area contributed by atoms with Crippen molar-refractivity contribution in [3.63, 3.8) is 0 Å². The zero-order valence-corrected chi connectivity index (χ0v) is 18.4. The van der Waals surface area contributed by atoms with Crippen molar-refractivity contribution in [1.29, 1.82) is 0 Å². The highest BCUT2D eigenvalue weighted by atomic mass is 16.6. The van der Waals surface area contributed by atoms with E-state index in [1.54, 1.807) is 42.5 Å². The van der Waals surface area contributed by atoms with Gasteiger partial charge in [-0.25, -0.2) is 9.59 Å². The Kier molecular flexibility index (Phi) is 6.44. The van der Waals surface area contributed by atoms with E-state index in [0.29, 0.717) is 34.8 Å². The van der Waals surface area contributed by atoms with Crippen LogP contribution in [0, 0.1) is 10.1 Å². The van der Waals surface area contributed by atoms with Crippen LogP contribution in [0.15, 0.2) is 66.7 Å². The van der Waals surface area contributed by atoms with E-state index in [0.717, 1.165) is 0 Å². The van der Waals surface area contributed by atoms with Crippen LogP contribution >= 0.6 is 0 Å². The summed E-state index contributed by atoms with van der Waals surface area (Å²) in [6, 6.07) is 17.0. The molecule has 0 amide bonds. The average Bonchev–Trinajstić information content (AvgIpc) is 3.19. The lowest BCUT2D eigenvalue weighted by atomic mass is 9.96. The van der Waals surface area contributed by atoms with Gasteiger partial charge in [-0.1, -0.05) is 24.3 Å².